The van der Waals surface area contributed by atoms with Crippen molar-refractivity contribution in [3.05, 3.63) is 53.6 Å². The highest BCUT2D eigenvalue weighted by Crippen LogP contribution is 2.44. The first-order valence-corrected chi connectivity index (χ1v) is 9.99. The topological polar surface area (TPSA) is 138 Å². The van der Waals surface area contributed by atoms with E-state index in [4.69, 9.17) is 18.9 Å². The molecule has 0 unspecified atom stereocenters. The van der Waals surface area contributed by atoms with E-state index >= 15 is 0 Å². The lowest BCUT2D eigenvalue weighted by molar-refractivity contribution is -0.313. The zero-order chi connectivity index (χ0) is 22.1. The number of ether oxygens (including phenoxy) is 4. The van der Waals surface area contributed by atoms with Crippen LogP contribution in [-0.4, -0.2) is 76.1 Å². The van der Waals surface area contributed by atoms with Crippen LogP contribution in [0.3, 0.4) is 0 Å². The van der Waals surface area contributed by atoms with E-state index in [2.05, 4.69) is 0 Å². The highest BCUT2D eigenvalue weighted by molar-refractivity contribution is 5.45. The standard InChI is InChI=1S/C22H26O9/c1-28-22-21(19(27)18(26)17(10-23)30-22)31-20-14-7-6-13(25)9-15(14)29-16(20)8-11-2-4-12(24)5-3-11/h2-7,9,16-27H,8,10H2,1H3/t16-,17-,18-,19+,20-,21+,22+/m0/s1. The fourth-order valence-corrected chi connectivity index (χ4v) is 4.02. The highest BCUT2D eigenvalue weighted by atomic mass is 16.7. The number of aromatic hydroxyl groups is 2. The second kappa shape index (κ2) is 8.99. The number of hydrogen-bond acceptors (Lipinski definition) is 9. The quantitative estimate of drug-likeness (QED) is 0.443. The van der Waals surface area contributed by atoms with Gasteiger partial charge in [-0.25, -0.2) is 0 Å². The highest BCUT2D eigenvalue weighted by Gasteiger charge is 2.48. The Kier molecular flexibility index (Phi) is 6.33. The summed E-state index contributed by atoms with van der Waals surface area (Å²) in [6, 6.07) is 11.4. The Hall–Kier alpha value is -2.40. The molecule has 0 saturated carbocycles. The van der Waals surface area contributed by atoms with Crippen LogP contribution in [0.25, 0.3) is 0 Å². The minimum absolute atomic E-state index is 0.0415. The SMILES string of the molecule is CO[C@@H]1O[C@@H](CO)[C@H](O)[C@@H](O)[C@H]1O[C@H]1c2ccc(O)cc2O[C@H]1Cc1ccc(O)cc1. The summed E-state index contributed by atoms with van der Waals surface area (Å²) >= 11 is 0. The Morgan fingerprint density at radius 2 is 1.65 bits per heavy atom. The molecular weight excluding hydrogens is 408 g/mol. The molecule has 0 amide bonds. The van der Waals surface area contributed by atoms with Crippen LogP contribution in [0.4, 0.5) is 0 Å². The summed E-state index contributed by atoms with van der Waals surface area (Å²) in [4.78, 5) is 0. The van der Waals surface area contributed by atoms with Crippen molar-refractivity contribution in [1.29, 1.82) is 0 Å². The minimum Gasteiger partial charge on any atom is -0.508 e. The van der Waals surface area contributed by atoms with Crippen molar-refractivity contribution in [1.82, 2.24) is 0 Å². The second-order valence-electron chi connectivity index (χ2n) is 7.71. The summed E-state index contributed by atoms with van der Waals surface area (Å²) in [5, 5.41) is 49.7. The van der Waals surface area contributed by atoms with Crippen LogP contribution in [0.5, 0.6) is 17.2 Å². The first kappa shape index (κ1) is 21.8. The molecule has 0 bridgehead atoms. The number of aliphatic hydroxyl groups excluding tert-OH is 3. The number of aliphatic hydroxyl groups is 3. The van der Waals surface area contributed by atoms with Gasteiger partial charge in [-0.2, -0.15) is 0 Å². The fraction of sp³-hybridized carbons (Fsp3) is 0.455. The summed E-state index contributed by atoms with van der Waals surface area (Å²) in [5.74, 6) is 0.637. The van der Waals surface area contributed by atoms with Gasteiger partial charge in [0.2, 0.25) is 0 Å². The first-order valence-electron chi connectivity index (χ1n) is 9.99. The molecule has 2 aromatic carbocycles. The van der Waals surface area contributed by atoms with Crippen molar-refractivity contribution in [3.63, 3.8) is 0 Å². The third-order valence-electron chi connectivity index (χ3n) is 5.65. The normalized spacial score (nSPS) is 32.5. The molecule has 4 rings (SSSR count). The van der Waals surface area contributed by atoms with Crippen molar-refractivity contribution < 1.29 is 44.5 Å². The molecule has 2 aromatic rings. The Morgan fingerprint density at radius 3 is 2.32 bits per heavy atom. The zero-order valence-electron chi connectivity index (χ0n) is 16.9. The molecule has 0 aromatic heterocycles. The predicted molar refractivity (Wildman–Crippen MR) is 107 cm³/mol. The number of methoxy groups -OCH3 is 1. The fourth-order valence-electron chi connectivity index (χ4n) is 4.02. The van der Waals surface area contributed by atoms with Crippen molar-refractivity contribution in [3.8, 4) is 17.2 Å². The van der Waals surface area contributed by atoms with E-state index in [0.29, 0.717) is 17.7 Å². The maximum atomic E-state index is 10.6. The van der Waals surface area contributed by atoms with Gasteiger partial charge in [0.25, 0.3) is 0 Å². The minimum atomic E-state index is -1.37. The third kappa shape index (κ3) is 4.33. The molecule has 2 aliphatic rings. The third-order valence-corrected chi connectivity index (χ3v) is 5.65. The summed E-state index contributed by atoms with van der Waals surface area (Å²) in [6.45, 7) is -0.483. The van der Waals surface area contributed by atoms with E-state index in [-0.39, 0.29) is 11.5 Å². The van der Waals surface area contributed by atoms with Crippen LogP contribution < -0.4 is 4.74 Å². The van der Waals surface area contributed by atoms with E-state index in [1.54, 1.807) is 30.3 Å². The lowest BCUT2D eigenvalue weighted by Gasteiger charge is -2.42. The van der Waals surface area contributed by atoms with Crippen LogP contribution in [0.2, 0.25) is 0 Å². The van der Waals surface area contributed by atoms with Crippen molar-refractivity contribution in [2.75, 3.05) is 13.7 Å². The average molecular weight is 434 g/mol. The van der Waals surface area contributed by atoms with Crippen molar-refractivity contribution in [2.45, 2.75) is 49.3 Å². The summed E-state index contributed by atoms with van der Waals surface area (Å²) in [5.41, 5.74) is 1.56. The molecule has 168 valence electrons. The second-order valence-corrected chi connectivity index (χ2v) is 7.71. The molecule has 31 heavy (non-hydrogen) atoms. The lowest BCUT2D eigenvalue weighted by atomic mass is 9.96. The van der Waals surface area contributed by atoms with E-state index in [1.807, 2.05) is 0 Å². The van der Waals surface area contributed by atoms with Gasteiger partial charge in [-0.1, -0.05) is 12.1 Å². The molecule has 5 N–H and O–H groups in total. The smallest absolute Gasteiger partial charge is 0.186 e. The Morgan fingerprint density at radius 1 is 0.935 bits per heavy atom. The van der Waals surface area contributed by atoms with Crippen molar-refractivity contribution in [2.24, 2.45) is 0 Å². The molecule has 2 heterocycles. The lowest BCUT2D eigenvalue weighted by Crippen LogP contribution is -2.60. The maximum absolute atomic E-state index is 10.6. The van der Waals surface area contributed by atoms with Gasteiger partial charge in [0.05, 0.1) is 6.61 Å². The van der Waals surface area contributed by atoms with Gasteiger partial charge in [0.15, 0.2) is 6.29 Å². The summed E-state index contributed by atoms with van der Waals surface area (Å²) in [6.07, 6.45) is -6.57. The predicted octanol–water partition coefficient (Wildman–Crippen LogP) is 0.613. The molecule has 0 radical (unpaired) electrons. The Labute approximate surface area is 179 Å². The summed E-state index contributed by atoms with van der Waals surface area (Å²) in [7, 11) is 1.38. The molecule has 2 aliphatic heterocycles. The number of rotatable bonds is 6. The monoisotopic (exact) mass is 434 g/mol. The van der Waals surface area contributed by atoms with Crippen LogP contribution in [0, 0.1) is 0 Å². The molecule has 9 nitrogen and oxygen atoms in total. The van der Waals surface area contributed by atoms with Crippen LogP contribution in [0.1, 0.15) is 17.2 Å². The Bertz CT molecular complexity index is 885. The summed E-state index contributed by atoms with van der Waals surface area (Å²) < 4.78 is 23.1. The molecule has 1 fully saturated rings. The van der Waals surface area contributed by atoms with Gasteiger partial charge in [0.1, 0.15) is 53.9 Å². The van der Waals surface area contributed by atoms with Gasteiger partial charge < -0.3 is 44.5 Å². The van der Waals surface area contributed by atoms with E-state index in [1.165, 1.54) is 19.2 Å². The maximum Gasteiger partial charge on any atom is 0.186 e. The van der Waals surface area contributed by atoms with Gasteiger partial charge >= 0.3 is 0 Å². The van der Waals surface area contributed by atoms with Crippen LogP contribution in [-0.2, 0) is 20.6 Å². The number of phenols is 2. The van der Waals surface area contributed by atoms with E-state index in [9.17, 15) is 25.5 Å². The first-order chi connectivity index (χ1) is 14.9. The molecule has 0 spiro atoms. The molecule has 9 heteroatoms. The van der Waals surface area contributed by atoms with Gasteiger partial charge in [0, 0.05) is 25.2 Å². The van der Waals surface area contributed by atoms with Crippen molar-refractivity contribution >= 4 is 0 Å². The number of benzene rings is 2. The molecular formula is C22H26O9. The van der Waals surface area contributed by atoms with E-state index in [0.717, 1.165) is 5.56 Å². The zero-order valence-corrected chi connectivity index (χ0v) is 16.9. The average Bonchev–Trinajstić information content (AvgIpc) is 3.09. The van der Waals surface area contributed by atoms with Crippen LogP contribution in [0.15, 0.2) is 42.5 Å². The largest absolute Gasteiger partial charge is 0.508 e. The number of fused-ring (bicyclic) bond motifs is 1. The van der Waals surface area contributed by atoms with Gasteiger partial charge in [-0.05, 0) is 29.8 Å². The Balaban J connectivity index is 1.61. The molecule has 1 saturated heterocycles. The van der Waals surface area contributed by atoms with Gasteiger partial charge in [-0.15, -0.1) is 0 Å². The van der Waals surface area contributed by atoms with E-state index < -0.39 is 49.5 Å². The molecule has 0 aliphatic carbocycles. The van der Waals surface area contributed by atoms with Crippen LogP contribution >= 0.6 is 0 Å². The molecule has 7 atom stereocenters. The van der Waals surface area contributed by atoms with Gasteiger partial charge in [-0.3, -0.25) is 0 Å². The number of phenolic OH excluding ortho intramolecular Hbond substituents is 2. The number of hydrogen-bond donors (Lipinski definition) is 5.